The van der Waals surface area contributed by atoms with Crippen LogP contribution in [0.15, 0.2) is 0 Å². The van der Waals surface area contributed by atoms with E-state index in [0.717, 1.165) is 22.0 Å². The second-order valence-corrected chi connectivity index (χ2v) is 6.24. The zero-order valence-electron chi connectivity index (χ0n) is 12.5. The lowest BCUT2D eigenvalue weighted by Gasteiger charge is -2.23. The average molecular weight is 311 g/mol. The van der Waals surface area contributed by atoms with Crippen LogP contribution in [0.1, 0.15) is 29.4 Å². The van der Waals surface area contributed by atoms with E-state index < -0.39 is 5.97 Å². The van der Waals surface area contributed by atoms with E-state index in [2.05, 4.69) is 4.98 Å². The number of rotatable bonds is 6. The van der Waals surface area contributed by atoms with Crippen LogP contribution in [0.3, 0.4) is 0 Å². The highest BCUT2D eigenvalue weighted by atomic mass is 32.1. The van der Waals surface area contributed by atoms with Gasteiger partial charge in [0.2, 0.25) is 5.91 Å². The van der Waals surface area contributed by atoms with Gasteiger partial charge in [-0.15, -0.1) is 11.3 Å². The van der Waals surface area contributed by atoms with Crippen LogP contribution in [0.5, 0.6) is 0 Å². The third-order valence-electron chi connectivity index (χ3n) is 3.63. The van der Waals surface area contributed by atoms with E-state index in [1.807, 2.05) is 18.7 Å². The Balaban J connectivity index is 2.01. The summed E-state index contributed by atoms with van der Waals surface area (Å²) in [4.78, 5) is 32.2. The Morgan fingerprint density at radius 2 is 2.10 bits per heavy atom. The van der Waals surface area contributed by atoms with Crippen LogP contribution in [0.4, 0.5) is 0 Å². The summed E-state index contributed by atoms with van der Waals surface area (Å²) in [6.07, 6.45) is 1.11. The molecule has 116 valence electrons. The molecule has 0 spiro atoms. The summed E-state index contributed by atoms with van der Waals surface area (Å²) in [5.74, 6) is -0.701. The minimum atomic E-state index is -0.806. The lowest BCUT2D eigenvalue weighted by atomic mass is 10.2. The fourth-order valence-electron chi connectivity index (χ4n) is 2.52. The molecule has 2 rings (SSSR count). The molecule has 21 heavy (non-hydrogen) atoms. The molecule has 1 amide bonds. The summed E-state index contributed by atoms with van der Waals surface area (Å²) in [5.41, 5.74) is 1.03. The number of hydrogen-bond acceptors (Lipinski definition) is 5. The molecule has 7 heteroatoms. The highest BCUT2D eigenvalue weighted by Gasteiger charge is 2.23. The number of aliphatic carboxylic acids is 1. The van der Waals surface area contributed by atoms with Gasteiger partial charge in [0.15, 0.2) is 0 Å². The average Bonchev–Trinajstić information content (AvgIpc) is 2.80. The third-order valence-corrected chi connectivity index (χ3v) is 4.71. The van der Waals surface area contributed by atoms with Crippen LogP contribution in [-0.4, -0.2) is 57.9 Å². The van der Waals surface area contributed by atoms with Gasteiger partial charge in [0.25, 0.3) is 0 Å². The van der Waals surface area contributed by atoms with Crippen molar-refractivity contribution >= 4 is 23.2 Å². The van der Waals surface area contributed by atoms with Crippen LogP contribution in [-0.2, 0) is 29.0 Å². The van der Waals surface area contributed by atoms with Gasteiger partial charge in [-0.05, 0) is 13.8 Å². The molecule has 0 fully saturated rings. The predicted molar refractivity (Wildman–Crippen MR) is 80.4 cm³/mol. The molecule has 0 bridgehead atoms. The van der Waals surface area contributed by atoms with Gasteiger partial charge in [-0.2, -0.15) is 0 Å². The largest absolute Gasteiger partial charge is 0.480 e. The first-order valence-electron chi connectivity index (χ1n) is 7.22. The lowest BCUT2D eigenvalue weighted by Crippen LogP contribution is -2.34. The molecule has 1 N–H and O–H groups in total. The van der Waals surface area contributed by atoms with Crippen molar-refractivity contribution in [3.8, 4) is 0 Å². The zero-order chi connectivity index (χ0) is 15.4. The number of thiazole rings is 1. The van der Waals surface area contributed by atoms with Gasteiger partial charge in [0.1, 0.15) is 5.01 Å². The molecule has 1 aromatic rings. The normalized spacial score (nSPS) is 14.8. The molecular weight excluding hydrogens is 290 g/mol. The van der Waals surface area contributed by atoms with Crippen molar-refractivity contribution in [2.24, 2.45) is 0 Å². The minimum Gasteiger partial charge on any atom is -0.480 e. The number of fused-ring (bicyclic) bond motifs is 1. The molecule has 0 saturated heterocycles. The van der Waals surface area contributed by atoms with E-state index in [1.54, 1.807) is 4.90 Å². The topological polar surface area (TPSA) is 73.7 Å². The molecule has 0 radical (unpaired) electrons. The van der Waals surface area contributed by atoms with Gasteiger partial charge in [-0.1, -0.05) is 0 Å². The van der Waals surface area contributed by atoms with Crippen molar-refractivity contribution < 1.29 is 14.7 Å². The number of carboxylic acid groups (broad SMARTS) is 1. The maximum atomic E-state index is 12.1. The maximum absolute atomic E-state index is 12.1. The molecule has 1 aliphatic heterocycles. The van der Waals surface area contributed by atoms with E-state index >= 15 is 0 Å². The number of likely N-dealkylation sites (N-methyl/N-ethyl adjacent to an activating group) is 1. The fourth-order valence-corrected chi connectivity index (χ4v) is 3.67. The van der Waals surface area contributed by atoms with E-state index in [9.17, 15) is 9.59 Å². The van der Waals surface area contributed by atoms with Crippen LogP contribution in [0.2, 0.25) is 0 Å². The van der Waals surface area contributed by atoms with Crippen LogP contribution >= 0.6 is 11.3 Å². The zero-order valence-corrected chi connectivity index (χ0v) is 13.3. The highest BCUT2D eigenvalue weighted by Crippen LogP contribution is 2.25. The molecular formula is C14H21N3O3S. The molecule has 0 atom stereocenters. The SMILES string of the molecule is CCN(CC)C(=O)Cc1nc2c(s1)CN(CC(=O)O)CC2. The van der Waals surface area contributed by atoms with Crippen LogP contribution < -0.4 is 0 Å². The monoisotopic (exact) mass is 311 g/mol. The number of nitrogens with zero attached hydrogens (tertiary/aromatic N) is 3. The smallest absolute Gasteiger partial charge is 0.317 e. The third kappa shape index (κ3) is 4.01. The van der Waals surface area contributed by atoms with E-state index in [1.165, 1.54) is 11.3 Å². The van der Waals surface area contributed by atoms with Gasteiger partial charge in [0.05, 0.1) is 18.7 Å². The second-order valence-electron chi connectivity index (χ2n) is 5.07. The Labute approximate surface area is 128 Å². The van der Waals surface area contributed by atoms with Gasteiger partial charge in [-0.25, -0.2) is 4.98 Å². The second kappa shape index (κ2) is 7.00. The Hall–Kier alpha value is -1.47. The maximum Gasteiger partial charge on any atom is 0.317 e. The quantitative estimate of drug-likeness (QED) is 0.848. The summed E-state index contributed by atoms with van der Waals surface area (Å²) >= 11 is 1.54. The summed E-state index contributed by atoms with van der Waals surface area (Å²) in [6.45, 7) is 6.77. The van der Waals surface area contributed by atoms with Crippen molar-refractivity contribution in [2.75, 3.05) is 26.2 Å². The lowest BCUT2D eigenvalue weighted by molar-refractivity contribution is -0.138. The molecule has 0 aliphatic carbocycles. The van der Waals surface area contributed by atoms with Crippen LogP contribution in [0, 0.1) is 0 Å². The predicted octanol–water partition coefficient (Wildman–Crippen LogP) is 0.997. The van der Waals surface area contributed by atoms with E-state index in [-0.39, 0.29) is 12.5 Å². The molecule has 6 nitrogen and oxygen atoms in total. The number of carboxylic acids is 1. The molecule has 2 heterocycles. The van der Waals surface area contributed by atoms with Gasteiger partial charge >= 0.3 is 5.97 Å². The first-order valence-corrected chi connectivity index (χ1v) is 8.04. The highest BCUT2D eigenvalue weighted by molar-refractivity contribution is 7.11. The Morgan fingerprint density at radius 1 is 1.38 bits per heavy atom. The first-order chi connectivity index (χ1) is 10.0. The molecule has 0 unspecified atom stereocenters. The van der Waals surface area contributed by atoms with Crippen molar-refractivity contribution in [3.05, 3.63) is 15.6 Å². The minimum absolute atomic E-state index is 0.0606. The molecule has 0 aromatic carbocycles. The summed E-state index contributed by atoms with van der Waals surface area (Å²) in [5, 5.41) is 9.69. The van der Waals surface area contributed by atoms with E-state index in [4.69, 9.17) is 5.11 Å². The number of amides is 1. The van der Waals surface area contributed by atoms with Gasteiger partial charge in [0, 0.05) is 37.5 Å². The number of carbonyl (C=O) groups is 2. The van der Waals surface area contributed by atoms with Crippen molar-refractivity contribution in [1.82, 2.24) is 14.8 Å². The van der Waals surface area contributed by atoms with E-state index in [0.29, 0.717) is 32.6 Å². The molecule has 1 aliphatic rings. The standard InChI is InChI=1S/C14H21N3O3S/c1-3-17(4-2)13(18)7-12-15-10-5-6-16(9-14(19)20)8-11(10)21-12/h3-9H2,1-2H3,(H,19,20). The summed E-state index contributed by atoms with van der Waals surface area (Å²) in [7, 11) is 0. The number of aromatic nitrogens is 1. The van der Waals surface area contributed by atoms with Crippen molar-refractivity contribution in [1.29, 1.82) is 0 Å². The van der Waals surface area contributed by atoms with Crippen molar-refractivity contribution in [2.45, 2.75) is 33.2 Å². The molecule has 0 saturated carbocycles. The van der Waals surface area contributed by atoms with Gasteiger partial charge < -0.3 is 10.0 Å². The Kier molecular flexibility index (Phi) is 5.30. The number of carbonyl (C=O) groups excluding carboxylic acids is 1. The first kappa shape index (κ1) is 15.9. The Morgan fingerprint density at radius 3 is 2.71 bits per heavy atom. The Bertz CT molecular complexity index is 526. The fraction of sp³-hybridized carbons (Fsp3) is 0.643. The van der Waals surface area contributed by atoms with Crippen molar-refractivity contribution in [3.63, 3.8) is 0 Å². The molecule has 1 aromatic heterocycles. The van der Waals surface area contributed by atoms with Crippen LogP contribution in [0.25, 0.3) is 0 Å². The number of hydrogen-bond donors (Lipinski definition) is 1. The summed E-state index contributed by atoms with van der Waals surface area (Å²) < 4.78 is 0. The van der Waals surface area contributed by atoms with Gasteiger partial charge in [-0.3, -0.25) is 14.5 Å². The summed E-state index contributed by atoms with van der Waals surface area (Å²) in [6, 6.07) is 0.